The standard InChI is InChI=1S/C19H34N6.HI/c1-3-20-19(21-8-12-25-14-17(2)13-22-25)24-11-7-18(16-24)15-23-9-5-4-6-10-23;/h13-14,18H,3-12,15-16H2,1-2H3,(H,20,21);1H. The van der Waals surface area contributed by atoms with Gasteiger partial charge in [-0.05, 0) is 57.7 Å². The maximum Gasteiger partial charge on any atom is 0.193 e. The molecule has 6 nitrogen and oxygen atoms in total. The zero-order valence-electron chi connectivity index (χ0n) is 16.4. The lowest BCUT2D eigenvalue weighted by Gasteiger charge is -2.29. The number of aliphatic imine (C=N–C) groups is 1. The first-order chi connectivity index (χ1) is 12.2. The molecule has 1 aromatic heterocycles. The Morgan fingerprint density at radius 2 is 2.08 bits per heavy atom. The van der Waals surface area contributed by atoms with Gasteiger partial charge in [-0.2, -0.15) is 5.10 Å². The largest absolute Gasteiger partial charge is 0.357 e. The van der Waals surface area contributed by atoms with E-state index in [0.717, 1.165) is 44.6 Å². The van der Waals surface area contributed by atoms with Crippen molar-refractivity contribution in [3.63, 3.8) is 0 Å². The van der Waals surface area contributed by atoms with Crippen LogP contribution in [-0.4, -0.2) is 71.4 Å². The first-order valence-corrected chi connectivity index (χ1v) is 9.99. The summed E-state index contributed by atoms with van der Waals surface area (Å²) in [5.41, 5.74) is 1.20. The summed E-state index contributed by atoms with van der Waals surface area (Å²) in [5, 5.41) is 7.81. The second kappa shape index (κ2) is 11.1. The summed E-state index contributed by atoms with van der Waals surface area (Å²) in [7, 11) is 0. The molecular formula is C19H35IN6. The second-order valence-corrected chi connectivity index (χ2v) is 7.48. The average Bonchev–Trinajstić information content (AvgIpc) is 3.24. The Morgan fingerprint density at radius 1 is 1.27 bits per heavy atom. The van der Waals surface area contributed by atoms with Gasteiger partial charge in [-0.25, -0.2) is 0 Å². The lowest BCUT2D eigenvalue weighted by Crippen LogP contribution is -2.41. The van der Waals surface area contributed by atoms with E-state index >= 15 is 0 Å². The zero-order valence-corrected chi connectivity index (χ0v) is 18.7. The van der Waals surface area contributed by atoms with Gasteiger partial charge in [0.2, 0.25) is 0 Å². The van der Waals surface area contributed by atoms with Crippen molar-refractivity contribution < 1.29 is 0 Å². The van der Waals surface area contributed by atoms with Crippen molar-refractivity contribution in [2.75, 3.05) is 45.8 Å². The van der Waals surface area contributed by atoms with Crippen LogP contribution in [0, 0.1) is 12.8 Å². The maximum absolute atomic E-state index is 4.84. The van der Waals surface area contributed by atoms with Gasteiger partial charge < -0.3 is 15.1 Å². The van der Waals surface area contributed by atoms with Crippen LogP contribution in [0.5, 0.6) is 0 Å². The number of nitrogens with zero attached hydrogens (tertiary/aromatic N) is 5. The summed E-state index contributed by atoms with van der Waals surface area (Å²) in [5.74, 6) is 1.86. The van der Waals surface area contributed by atoms with Crippen LogP contribution in [0.3, 0.4) is 0 Å². The van der Waals surface area contributed by atoms with Gasteiger partial charge in [-0.1, -0.05) is 6.42 Å². The zero-order chi connectivity index (χ0) is 17.5. The van der Waals surface area contributed by atoms with Crippen LogP contribution in [0.4, 0.5) is 0 Å². The second-order valence-electron chi connectivity index (χ2n) is 7.48. The smallest absolute Gasteiger partial charge is 0.193 e. The molecule has 0 spiro atoms. The number of likely N-dealkylation sites (tertiary alicyclic amines) is 2. The fourth-order valence-electron chi connectivity index (χ4n) is 3.95. The molecular weight excluding hydrogens is 439 g/mol. The average molecular weight is 474 g/mol. The molecule has 3 rings (SSSR count). The molecule has 148 valence electrons. The third-order valence-corrected chi connectivity index (χ3v) is 5.24. The Bertz CT molecular complexity index is 552. The molecule has 0 radical (unpaired) electrons. The lowest BCUT2D eigenvalue weighted by molar-refractivity contribution is 0.198. The van der Waals surface area contributed by atoms with Crippen molar-refractivity contribution in [1.29, 1.82) is 0 Å². The number of aromatic nitrogens is 2. The lowest BCUT2D eigenvalue weighted by atomic mass is 10.1. The van der Waals surface area contributed by atoms with Crippen molar-refractivity contribution in [2.45, 2.75) is 46.1 Å². The molecule has 1 aromatic rings. The van der Waals surface area contributed by atoms with E-state index in [-0.39, 0.29) is 24.0 Å². The van der Waals surface area contributed by atoms with Gasteiger partial charge in [0.15, 0.2) is 5.96 Å². The molecule has 0 aliphatic carbocycles. The fourth-order valence-corrected chi connectivity index (χ4v) is 3.95. The van der Waals surface area contributed by atoms with Crippen LogP contribution in [0.2, 0.25) is 0 Å². The van der Waals surface area contributed by atoms with Gasteiger partial charge in [0.25, 0.3) is 0 Å². The highest BCUT2D eigenvalue weighted by Gasteiger charge is 2.26. The van der Waals surface area contributed by atoms with E-state index in [0.29, 0.717) is 0 Å². The minimum absolute atomic E-state index is 0. The van der Waals surface area contributed by atoms with Gasteiger partial charge in [0.1, 0.15) is 0 Å². The molecule has 0 saturated carbocycles. The molecule has 2 aliphatic rings. The van der Waals surface area contributed by atoms with Crippen molar-refractivity contribution in [2.24, 2.45) is 10.9 Å². The van der Waals surface area contributed by atoms with Crippen LogP contribution in [0.1, 0.15) is 38.2 Å². The monoisotopic (exact) mass is 474 g/mol. The summed E-state index contributed by atoms with van der Waals surface area (Å²) in [6.07, 6.45) is 9.45. The first-order valence-electron chi connectivity index (χ1n) is 9.99. The molecule has 1 atom stereocenters. The van der Waals surface area contributed by atoms with E-state index < -0.39 is 0 Å². The molecule has 2 saturated heterocycles. The maximum atomic E-state index is 4.84. The van der Waals surface area contributed by atoms with Gasteiger partial charge in [0, 0.05) is 32.4 Å². The predicted octanol–water partition coefficient (Wildman–Crippen LogP) is 2.58. The Morgan fingerprint density at radius 3 is 2.77 bits per heavy atom. The molecule has 0 amide bonds. The molecule has 3 heterocycles. The Balaban J connectivity index is 0.00000243. The number of hydrogen-bond donors (Lipinski definition) is 1. The Kier molecular flexibility index (Phi) is 9.18. The van der Waals surface area contributed by atoms with Crippen molar-refractivity contribution in [3.05, 3.63) is 18.0 Å². The number of hydrogen-bond acceptors (Lipinski definition) is 3. The fraction of sp³-hybridized carbons (Fsp3) is 0.789. The Hall–Kier alpha value is -0.830. The summed E-state index contributed by atoms with van der Waals surface area (Å²) in [6.45, 7) is 12.9. The summed E-state index contributed by atoms with van der Waals surface area (Å²) in [4.78, 5) is 9.96. The normalized spacial score (nSPS) is 21.7. The van der Waals surface area contributed by atoms with Crippen LogP contribution in [0.15, 0.2) is 17.4 Å². The van der Waals surface area contributed by atoms with E-state index in [1.165, 1.54) is 50.9 Å². The molecule has 2 fully saturated rings. The van der Waals surface area contributed by atoms with E-state index in [9.17, 15) is 0 Å². The number of nitrogens with one attached hydrogen (secondary N) is 1. The molecule has 0 aromatic carbocycles. The molecule has 7 heteroatoms. The third kappa shape index (κ3) is 6.40. The van der Waals surface area contributed by atoms with Crippen LogP contribution in [0.25, 0.3) is 0 Å². The molecule has 2 aliphatic heterocycles. The minimum Gasteiger partial charge on any atom is -0.357 e. The van der Waals surface area contributed by atoms with E-state index in [1.807, 2.05) is 10.9 Å². The molecule has 26 heavy (non-hydrogen) atoms. The van der Waals surface area contributed by atoms with Crippen molar-refractivity contribution >= 4 is 29.9 Å². The molecule has 0 bridgehead atoms. The topological polar surface area (TPSA) is 48.7 Å². The van der Waals surface area contributed by atoms with Gasteiger partial charge >= 0.3 is 0 Å². The summed E-state index contributed by atoms with van der Waals surface area (Å²) in [6, 6.07) is 0. The van der Waals surface area contributed by atoms with Gasteiger partial charge in [0.05, 0.1) is 19.3 Å². The third-order valence-electron chi connectivity index (χ3n) is 5.24. The highest BCUT2D eigenvalue weighted by Crippen LogP contribution is 2.19. The van der Waals surface area contributed by atoms with Gasteiger partial charge in [-0.3, -0.25) is 9.67 Å². The van der Waals surface area contributed by atoms with Crippen molar-refractivity contribution in [1.82, 2.24) is 24.9 Å². The predicted molar refractivity (Wildman–Crippen MR) is 118 cm³/mol. The minimum atomic E-state index is 0. The van der Waals surface area contributed by atoms with Crippen molar-refractivity contribution in [3.8, 4) is 0 Å². The van der Waals surface area contributed by atoms with Gasteiger partial charge in [-0.15, -0.1) is 24.0 Å². The number of aryl methyl sites for hydroxylation is 1. The number of halogens is 1. The SMILES string of the molecule is CCNC(=NCCn1cc(C)cn1)N1CCC(CN2CCCCC2)C1.I. The highest BCUT2D eigenvalue weighted by molar-refractivity contribution is 14.0. The summed E-state index contributed by atoms with van der Waals surface area (Å²) >= 11 is 0. The van der Waals surface area contributed by atoms with E-state index in [4.69, 9.17) is 4.99 Å². The summed E-state index contributed by atoms with van der Waals surface area (Å²) < 4.78 is 1.98. The Labute approximate surface area is 175 Å². The van der Waals surface area contributed by atoms with E-state index in [1.54, 1.807) is 0 Å². The van der Waals surface area contributed by atoms with Crippen LogP contribution in [-0.2, 0) is 6.54 Å². The number of rotatable bonds is 6. The van der Waals surface area contributed by atoms with Crippen LogP contribution < -0.4 is 5.32 Å². The number of piperidine rings is 1. The molecule has 1 N–H and O–H groups in total. The quantitative estimate of drug-likeness (QED) is 0.391. The van der Waals surface area contributed by atoms with E-state index in [2.05, 4.69) is 40.3 Å². The molecule has 1 unspecified atom stereocenters. The van der Waals surface area contributed by atoms with Crippen LogP contribution >= 0.6 is 24.0 Å². The first kappa shape index (κ1) is 21.5. The number of guanidine groups is 1. The highest BCUT2D eigenvalue weighted by atomic mass is 127.